The molecule has 0 aromatic carbocycles. The predicted molar refractivity (Wildman–Crippen MR) is 97.2 cm³/mol. The van der Waals surface area contributed by atoms with Crippen molar-refractivity contribution >= 4 is 11.7 Å². The molecule has 0 saturated carbocycles. The Balaban J connectivity index is 2.21. The third kappa shape index (κ3) is 4.31. The van der Waals surface area contributed by atoms with Crippen LogP contribution in [0.5, 0.6) is 0 Å². The van der Waals surface area contributed by atoms with Gasteiger partial charge in [0.15, 0.2) is 0 Å². The van der Waals surface area contributed by atoms with Gasteiger partial charge in [0.2, 0.25) is 0 Å². The van der Waals surface area contributed by atoms with Gasteiger partial charge >= 0.3 is 0 Å². The maximum atomic E-state index is 12.9. The van der Waals surface area contributed by atoms with Crippen LogP contribution in [0.3, 0.4) is 0 Å². The highest BCUT2D eigenvalue weighted by Gasteiger charge is 2.22. The Morgan fingerprint density at radius 2 is 1.96 bits per heavy atom. The molecule has 0 spiro atoms. The van der Waals surface area contributed by atoms with Crippen molar-refractivity contribution in [3.05, 3.63) is 54.0 Å². The van der Waals surface area contributed by atoms with Crippen molar-refractivity contribution in [3.63, 3.8) is 0 Å². The zero-order chi connectivity index (χ0) is 17.5. The van der Waals surface area contributed by atoms with Crippen LogP contribution in [0.15, 0.2) is 42.9 Å². The lowest BCUT2D eigenvalue weighted by molar-refractivity contribution is 0.0719. The first-order chi connectivity index (χ1) is 11.5. The number of hydrogen-bond acceptors (Lipinski definition) is 4. The molecule has 5 nitrogen and oxygen atoms in total. The van der Waals surface area contributed by atoms with Gasteiger partial charge in [-0.1, -0.05) is 25.8 Å². The van der Waals surface area contributed by atoms with Gasteiger partial charge in [0.25, 0.3) is 5.91 Å². The van der Waals surface area contributed by atoms with Crippen LogP contribution in [-0.4, -0.2) is 41.9 Å². The van der Waals surface area contributed by atoms with Crippen LogP contribution in [0, 0.1) is 0 Å². The molecule has 2 aromatic rings. The average Bonchev–Trinajstić information content (AvgIpc) is 2.62. The normalized spacial score (nSPS) is 11.8. The van der Waals surface area contributed by atoms with Crippen molar-refractivity contribution in [1.82, 2.24) is 14.9 Å². The van der Waals surface area contributed by atoms with Gasteiger partial charge in [0.05, 0.1) is 11.6 Å². The highest BCUT2D eigenvalue weighted by Crippen LogP contribution is 2.26. The van der Waals surface area contributed by atoms with E-state index in [0.29, 0.717) is 5.56 Å². The third-order valence-corrected chi connectivity index (χ3v) is 4.14. The second-order valence-electron chi connectivity index (χ2n) is 6.16. The molecule has 128 valence electrons. The van der Waals surface area contributed by atoms with E-state index in [1.165, 1.54) is 0 Å². The monoisotopic (exact) mass is 326 g/mol. The Morgan fingerprint density at radius 1 is 1.17 bits per heavy atom. The second kappa shape index (κ2) is 8.43. The first kappa shape index (κ1) is 17.9. The number of pyridine rings is 2. The van der Waals surface area contributed by atoms with Gasteiger partial charge in [-0.2, -0.15) is 0 Å². The smallest absolute Gasteiger partial charge is 0.255 e. The minimum absolute atomic E-state index is 0.0160. The van der Waals surface area contributed by atoms with Gasteiger partial charge in [-0.15, -0.1) is 0 Å². The molecule has 0 saturated heterocycles. The Labute approximate surface area is 144 Å². The average molecular weight is 326 g/mol. The van der Waals surface area contributed by atoms with E-state index < -0.39 is 0 Å². The van der Waals surface area contributed by atoms with E-state index in [2.05, 4.69) is 16.9 Å². The van der Waals surface area contributed by atoms with Crippen LogP contribution >= 0.6 is 0 Å². The van der Waals surface area contributed by atoms with Gasteiger partial charge in [-0.3, -0.25) is 9.78 Å². The molecule has 0 aliphatic heterocycles. The molecule has 0 unspecified atom stereocenters. The molecule has 0 fully saturated rings. The largest absolute Gasteiger partial charge is 0.363 e. The highest BCUT2D eigenvalue weighted by atomic mass is 16.2. The van der Waals surface area contributed by atoms with E-state index >= 15 is 0 Å². The molecule has 2 rings (SSSR count). The lowest BCUT2D eigenvalue weighted by Crippen LogP contribution is -2.31. The summed E-state index contributed by atoms with van der Waals surface area (Å²) in [5.41, 5.74) is 1.67. The minimum atomic E-state index is -0.0160. The second-order valence-corrected chi connectivity index (χ2v) is 6.16. The summed E-state index contributed by atoms with van der Waals surface area (Å²) in [7, 11) is 5.72. The van der Waals surface area contributed by atoms with Gasteiger partial charge in [0.1, 0.15) is 5.82 Å². The Kier molecular flexibility index (Phi) is 6.29. The van der Waals surface area contributed by atoms with Crippen LogP contribution < -0.4 is 4.90 Å². The first-order valence-corrected chi connectivity index (χ1v) is 8.35. The van der Waals surface area contributed by atoms with Crippen LogP contribution in [0.2, 0.25) is 0 Å². The highest BCUT2D eigenvalue weighted by molar-refractivity contribution is 5.94. The molecule has 1 atom stereocenters. The number of hydrogen-bond donors (Lipinski definition) is 0. The Morgan fingerprint density at radius 3 is 2.50 bits per heavy atom. The maximum absolute atomic E-state index is 12.9. The summed E-state index contributed by atoms with van der Waals surface area (Å²) in [6, 6.07) is 7.68. The molecule has 2 aromatic heterocycles. The van der Waals surface area contributed by atoms with Crippen molar-refractivity contribution < 1.29 is 4.79 Å². The van der Waals surface area contributed by atoms with E-state index in [9.17, 15) is 4.79 Å². The van der Waals surface area contributed by atoms with E-state index in [4.69, 9.17) is 0 Å². The summed E-state index contributed by atoms with van der Waals surface area (Å²) in [5, 5.41) is 0. The van der Waals surface area contributed by atoms with Crippen molar-refractivity contribution in [3.8, 4) is 0 Å². The predicted octanol–water partition coefficient (Wildman–Crippen LogP) is 3.55. The Bertz CT molecular complexity index is 640. The summed E-state index contributed by atoms with van der Waals surface area (Å²) in [6.45, 7) is 2.16. The van der Waals surface area contributed by atoms with Gasteiger partial charge < -0.3 is 9.80 Å². The number of nitrogens with zero attached hydrogens (tertiary/aromatic N) is 4. The summed E-state index contributed by atoms with van der Waals surface area (Å²) >= 11 is 0. The number of rotatable bonds is 7. The van der Waals surface area contributed by atoms with E-state index in [-0.39, 0.29) is 11.9 Å². The summed E-state index contributed by atoms with van der Waals surface area (Å²) in [4.78, 5) is 25.1. The molecular weight excluding hydrogens is 300 g/mol. The minimum Gasteiger partial charge on any atom is -0.363 e. The van der Waals surface area contributed by atoms with Crippen LogP contribution in [0.4, 0.5) is 5.82 Å². The fourth-order valence-electron chi connectivity index (χ4n) is 2.68. The molecular formula is C19H26N4O. The lowest BCUT2D eigenvalue weighted by Gasteiger charge is -2.28. The van der Waals surface area contributed by atoms with Crippen molar-refractivity contribution in [1.29, 1.82) is 0 Å². The quantitative estimate of drug-likeness (QED) is 0.781. The van der Waals surface area contributed by atoms with Crippen molar-refractivity contribution in [2.24, 2.45) is 0 Å². The molecule has 0 radical (unpaired) electrons. The Hall–Kier alpha value is -2.43. The van der Waals surface area contributed by atoms with Gasteiger partial charge in [-0.05, 0) is 30.2 Å². The molecule has 24 heavy (non-hydrogen) atoms. The SMILES string of the molecule is CCCC[C@H](c1cccnc1)N(C)C(=O)c1ccc(N(C)C)nc1. The van der Waals surface area contributed by atoms with E-state index in [1.807, 2.05) is 56.5 Å². The third-order valence-electron chi connectivity index (χ3n) is 4.14. The molecule has 1 amide bonds. The van der Waals surface area contributed by atoms with Crippen LogP contribution in [0.25, 0.3) is 0 Å². The summed E-state index contributed by atoms with van der Waals surface area (Å²) in [5.74, 6) is 0.821. The van der Waals surface area contributed by atoms with Crippen molar-refractivity contribution in [2.45, 2.75) is 32.2 Å². The molecule has 0 aliphatic carbocycles. The van der Waals surface area contributed by atoms with Gasteiger partial charge in [0, 0.05) is 39.7 Å². The molecule has 0 aliphatic rings. The first-order valence-electron chi connectivity index (χ1n) is 8.35. The standard InChI is InChI=1S/C19H26N4O/c1-5-6-9-17(15-8-7-12-20-13-15)23(4)19(24)16-10-11-18(21-14-16)22(2)3/h7-8,10-14,17H,5-6,9H2,1-4H3/t17-/m1/s1. The van der Waals surface area contributed by atoms with Gasteiger partial charge in [-0.25, -0.2) is 4.98 Å². The van der Waals surface area contributed by atoms with E-state index in [0.717, 1.165) is 30.6 Å². The van der Waals surface area contributed by atoms with Crippen LogP contribution in [0.1, 0.15) is 48.1 Å². The fourth-order valence-corrected chi connectivity index (χ4v) is 2.68. The molecule has 0 N–H and O–H groups in total. The zero-order valence-electron chi connectivity index (χ0n) is 14.9. The zero-order valence-corrected chi connectivity index (χ0v) is 14.9. The number of anilines is 1. The number of unbranched alkanes of at least 4 members (excludes halogenated alkanes) is 1. The number of carbonyl (C=O) groups is 1. The topological polar surface area (TPSA) is 49.3 Å². The summed E-state index contributed by atoms with van der Waals surface area (Å²) in [6.07, 6.45) is 8.33. The van der Waals surface area contributed by atoms with E-state index in [1.54, 1.807) is 17.3 Å². The fraction of sp³-hybridized carbons (Fsp3) is 0.421. The number of aromatic nitrogens is 2. The molecule has 0 bridgehead atoms. The van der Waals surface area contributed by atoms with Crippen LogP contribution in [-0.2, 0) is 0 Å². The molecule has 2 heterocycles. The maximum Gasteiger partial charge on any atom is 0.255 e. The number of carbonyl (C=O) groups excluding carboxylic acids is 1. The lowest BCUT2D eigenvalue weighted by atomic mass is 10.0. The molecule has 5 heteroatoms. The number of amides is 1. The van der Waals surface area contributed by atoms with Crippen molar-refractivity contribution in [2.75, 3.05) is 26.0 Å². The summed E-state index contributed by atoms with van der Waals surface area (Å²) < 4.78 is 0.